The Morgan fingerprint density at radius 1 is 0.914 bits per heavy atom. The Balaban J connectivity index is 1.57. The SMILES string of the molecule is COc1cccc(Cn2cc(C3=CC(=O)NC3=O)c3cc(OCc4ccccc4)ccc32)c1OC. The highest BCUT2D eigenvalue weighted by Gasteiger charge is 2.26. The van der Waals surface area contributed by atoms with Crippen LogP contribution in [0, 0.1) is 0 Å². The minimum absolute atomic E-state index is 0.330. The van der Waals surface area contributed by atoms with E-state index in [0.29, 0.717) is 41.5 Å². The normalized spacial score (nSPS) is 13.0. The maximum Gasteiger partial charge on any atom is 0.258 e. The number of carbonyl (C=O) groups is 2. The molecule has 0 spiro atoms. The Labute approximate surface area is 202 Å². The monoisotopic (exact) mass is 468 g/mol. The lowest BCUT2D eigenvalue weighted by atomic mass is 10.1. The Morgan fingerprint density at radius 2 is 1.74 bits per heavy atom. The van der Waals surface area contributed by atoms with Gasteiger partial charge in [-0.1, -0.05) is 42.5 Å². The summed E-state index contributed by atoms with van der Waals surface area (Å²) in [7, 11) is 3.21. The third-order valence-corrected chi connectivity index (χ3v) is 5.97. The molecule has 4 aromatic rings. The van der Waals surface area contributed by atoms with Gasteiger partial charge in [0.15, 0.2) is 11.5 Å². The molecule has 1 aliphatic heterocycles. The van der Waals surface area contributed by atoms with Crippen molar-refractivity contribution in [2.24, 2.45) is 0 Å². The van der Waals surface area contributed by atoms with Crippen molar-refractivity contribution in [3.8, 4) is 17.2 Å². The van der Waals surface area contributed by atoms with Gasteiger partial charge in [-0.25, -0.2) is 0 Å². The van der Waals surface area contributed by atoms with Gasteiger partial charge in [-0.15, -0.1) is 0 Å². The number of nitrogens with zero attached hydrogens (tertiary/aromatic N) is 1. The zero-order valence-electron chi connectivity index (χ0n) is 19.4. The lowest BCUT2D eigenvalue weighted by molar-refractivity contribution is -0.123. The quantitative estimate of drug-likeness (QED) is 0.390. The van der Waals surface area contributed by atoms with Crippen molar-refractivity contribution in [1.82, 2.24) is 9.88 Å². The van der Waals surface area contributed by atoms with Gasteiger partial charge in [-0.2, -0.15) is 0 Å². The minimum atomic E-state index is -0.420. The minimum Gasteiger partial charge on any atom is -0.493 e. The van der Waals surface area contributed by atoms with Crippen LogP contribution >= 0.6 is 0 Å². The van der Waals surface area contributed by atoms with Gasteiger partial charge in [0.05, 0.1) is 26.3 Å². The van der Waals surface area contributed by atoms with Gasteiger partial charge < -0.3 is 18.8 Å². The molecule has 0 saturated heterocycles. The molecule has 0 aliphatic carbocycles. The van der Waals surface area contributed by atoms with Gasteiger partial charge in [0.25, 0.3) is 11.8 Å². The van der Waals surface area contributed by atoms with Crippen molar-refractivity contribution < 1.29 is 23.8 Å². The Hall–Kier alpha value is -4.52. The molecule has 0 saturated carbocycles. The van der Waals surface area contributed by atoms with Crippen LogP contribution < -0.4 is 19.5 Å². The number of nitrogens with one attached hydrogen (secondary N) is 1. The van der Waals surface area contributed by atoms with E-state index in [0.717, 1.165) is 22.0 Å². The molecule has 0 atom stereocenters. The Morgan fingerprint density at radius 3 is 2.46 bits per heavy atom. The van der Waals surface area contributed by atoms with E-state index in [-0.39, 0.29) is 0 Å². The van der Waals surface area contributed by atoms with Crippen molar-refractivity contribution in [2.75, 3.05) is 14.2 Å². The van der Waals surface area contributed by atoms with Crippen LogP contribution in [-0.2, 0) is 22.7 Å². The van der Waals surface area contributed by atoms with E-state index in [2.05, 4.69) is 5.32 Å². The summed E-state index contributed by atoms with van der Waals surface area (Å²) in [5.41, 5.74) is 3.86. The molecule has 1 aromatic heterocycles. The summed E-state index contributed by atoms with van der Waals surface area (Å²) in [6.07, 6.45) is 3.22. The van der Waals surface area contributed by atoms with Gasteiger partial charge in [0, 0.05) is 34.3 Å². The van der Waals surface area contributed by atoms with Crippen molar-refractivity contribution >= 4 is 28.3 Å². The van der Waals surface area contributed by atoms with Crippen LogP contribution in [-0.4, -0.2) is 30.6 Å². The summed E-state index contributed by atoms with van der Waals surface area (Å²) >= 11 is 0. The molecule has 7 heteroatoms. The van der Waals surface area contributed by atoms with Crippen molar-refractivity contribution in [3.05, 3.63) is 95.7 Å². The second-order valence-corrected chi connectivity index (χ2v) is 8.15. The van der Waals surface area contributed by atoms with Gasteiger partial charge in [-0.3, -0.25) is 14.9 Å². The number of para-hydroxylation sites is 1. The van der Waals surface area contributed by atoms with Crippen LogP contribution in [0.2, 0.25) is 0 Å². The maximum absolute atomic E-state index is 12.5. The van der Waals surface area contributed by atoms with Gasteiger partial charge >= 0.3 is 0 Å². The van der Waals surface area contributed by atoms with Gasteiger partial charge in [-0.05, 0) is 29.8 Å². The molecule has 0 radical (unpaired) electrons. The zero-order valence-corrected chi connectivity index (χ0v) is 19.4. The first-order chi connectivity index (χ1) is 17.1. The fourth-order valence-electron chi connectivity index (χ4n) is 4.33. The summed E-state index contributed by atoms with van der Waals surface area (Å²) in [6.45, 7) is 0.898. The van der Waals surface area contributed by atoms with E-state index in [1.54, 1.807) is 14.2 Å². The summed E-state index contributed by atoms with van der Waals surface area (Å²) in [5, 5.41) is 3.15. The van der Waals surface area contributed by atoms with Crippen LogP contribution in [0.5, 0.6) is 17.2 Å². The molecule has 2 amide bonds. The third-order valence-electron chi connectivity index (χ3n) is 5.97. The first-order valence-electron chi connectivity index (χ1n) is 11.1. The third kappa shape index (κ3) is 4.36. The summed E-state index contributed by atoms with van der Waals surface area (Å²) in [5.74, 6) is 1.13. The predicted molar refractivity (Wildman–Crippen MR) is 132 cm³/mol. The van der Waals surface area contributed by atoms with Crippen molar-refractivity contribution in [2.45, 2.75) is 13.2 Å². The number of imide groups is 1. The number of rotatable bonds is 8. The molecule has 5 rings (SSSR count). The highest BCUT2D eigenvalue weighted by molar-refractivity contribution is 6.35. The molecule has 7 nitrogen and oxygen atoms in total. The van der Waals surface area contributed by atoms with E-state index in [1.807, 2.05) is 77.5 Å². The number of aromatic nitrogens is 1. The smallest absolute Gasteiger partial charge is 0.258 e. The predicted octanol–water partition coefficient (Wildman–Crippen LogP) is 4.33. The van der Waals surface area contributed by atoms with E-state index < -0.39 is 11.8 Å². The second kappa shape index (κ2) is 9.38. The number of hydrogen-bond acceptors (Lipinski definition) is 5. The standard InChI is InChI=1S/C28H24N2O5/c1-33-25-10-6-9-19(27(25)34-2)15-30-16-23(22-14-26(31)29-28(22)32)21-13-20(11-12-24(21)30)35-17-18-7-4-3-5-8-18/h3-14,16H,15,17H2,1-2H3,(H,29,31,32). The molecule has 3 aromatic carbocycles. The number of hydrogen-bond donors (Lipinski definition) is 1. The molecule has 0 bridgehead atoms. The van der Waals surface area contributed by atoms with Crippen molar-refractivity contribution in [1.29, 1.82) is 0 Å². The van der Waals surface area contributed by atoms with Crippen LogP contribution in [0.3, 0.4) is 0 Å². The van der Waals surface area contributed by atoms with E-state index in [4.69, 9.17) is 14.2 Å². The number of carbonyl (C=O) groups excluding carboxylic acids is 2. The highest BCUT2D eigenvalue weighted by atomic mass is 16.5. The average molecular weight is 469 g/mol. The summed E-state index contributed by atoms with van der Waals surface area (Å²) in [4.78, 5) is 24.4. The van der Waals surface area contributed by atoms with Crippen molar-refractivity contribution in [3.63, 3.8) is 0 Å². The van der Waals surface area contributed by atoms with Crippen LogP contribution in [0.4, 0.5) is 0 Å². The van der Waals surface area contributed by atoms with E-state index in [1.165, 1.54) is 6.08 Å². The first kappa shape index (κ1) is 22.3. The van der Waals surface area contributed by atoms with E-state index >= 15 is 0 Å². The number of methoxy groups -OCH3 is 2. The first-order valence-corrected chi connectivity index (χ1v) is 11.1. The van der Waals surface area contributed by atoms with Crippen LogP contribution in [0.1, 0.15) is 16.7 Å². The Kier molecular flexibility index (Phi) is 5.97. The Bertz CT molecular complexity index is 1450. The van der Waals surface area contributed by atoms with Gasteiger partial charge in [0.1, 0.15) is 12.4 Å². The molecule has 1 N–H and O–H groups in total. The fraction of sp³-hybridized carbons (Fsp3) is 0.143. The highest BCUT2D eigenvalue weighted by Crippen LogP contribution is 2.35. The number of fused-ring (bicyclic) bond motifs is 1. The molecule has 0 unspecified atom stereocenters. The number of benzene rings is 3. The molecular formula is C28H24N2O5. The largest absolute Gasteiger partial charge is 0.493 e. The fourth-order valence-corrected chi connectivity index (χ4v) is 4.33. The molecule has 35 heavy (non-hydrogen) atoms. The molecule has 2 heterocycles. The van der Waals surface area contributed by atoms with Gasteiger partial charge in [0.2, 0.25) is 0 Å². The second-order valence-electron chi connectivity index (χ2n) is 8.15. The molecule has 176 valence electrons. The lowest BCUT2D eigenvalue weighted by Gasteiger charge is -2.14. The number of amides is 2. The van der Waals surface area contributed by atoms with Crippen LogP contribution in [0.25, 0.3) is 16.5 Å². The molecule has 0 fully saturated rings. The molecular weight excluding hydrogens is 444 g/mol. The zero-order chi connectivity index (χ0) is 24.4. The topological polar surface area (TPSA) is 78.8 Å². The summed E-state index contributed by atoms with van der Waals surface area (Å²) in [6, 6.07) is 21.4. The molecule has 1 aliphatic rings. The maximum atomic E-state index is 12.5. The lowest BCUT2D eigenvalue weighted by Crippen LogP contribution is -2.21. The average Bonchev–Trinajstić information content (AvgIpc) is 3.41. The summed E-state index contributed by atoms with van der Waals surface area (Å²) < 4.78 is 19.1. The van der Waals surface area contributed by atoms with Crippen LogP contribution in [0.15, 0.2) is 79.0 Å². The van der Waals surface area contributed by atoms with E-state index in [9.17, 15) is 9.59 Å². The number of ether oxygens (including phenoxy) is 3.